The number of amides is 1. The lowest BCUT2D eigenvalue weighted by Gasteiger charge is -2.03. The summed E-state index contributed by atoms with van der Waals surface area (Å²) in [4.78, 5) is 14.8. The van der Waals surface area contributed by atoms with E-state index in [-0.39, 0.29) is 5.82 Å². The van der Waals surface area contributed by atoms with Gasteiger partial charge in [0, 0.05) is 12.1 Å². The SMILES string of the molecule is Cc1nc(Cc2n[nH]nc2NC(=O)O)ccc1N. The van der Waals surface area contributed by atoms with E-state index in [1.54, 1.807) is 19.1 Å². The summed E-state index contributed by atoms with van der Waals surface area (Å²) in [5.74, 6) is 0.179. The van der Waals surface area contributed by atoms with Crippen LogP contribution in [0.3, 0.4) is 0 Å². The number of carboxylic acid groups (broad SMARTS) is 1. The van der Waals surface area contributed by atoms with E-state index < -0.39 is 6.09 Å². The van der Waals surface area contributed by atoms with Gasteiger partial charge in [-0.25, -0.2) is 4.79 Å². The average molecular weight is 248 g/mol. The first-order valence-electron chi connectivity index (χ1n) is 5.18. The summed E-state index contributed by atoms with van der Waals surface area (Å²) < 4.78 is 0. The van der Waals surface area contributed by atoms with Crippen LogP contribution in [0.15, 0.2) is 12.1 Å². The molecule has 0 aliphatic rings. The maximum absolute atomic E-state index is 10.5. The molecule has 2 heterocycles. The zero-order valence-electron chi connectivity index (χ0n) is 9.64. The second kappa shape index (κ2) is 4.70. The highest BCUT2D eigenvalue weighted by Crippen LogP contribution is 2.15. The minimum atomic E-state index is -1.19. The predicted octanol–water partition coefficient (Wildman–Crippen LogP) is 0.771. The van der Waals surface area contributed by atoms with E-state index in [4.69, 9.17) is 10.8 Å². The quantitative estimate of drug-likeness (QED) is 0.634. The fourth-order valence-corrected chi connectivity index (χ4v) is 1.47. The van der Waals surface area contributed by atoms with Crippen LogP contribution < -0.4 is 11.1 Å². The molecule has 0 radical (unpaired) electrons. The third-order valence-corrected chi connectivity index (χ3v) is 2.38. The smallest absolute Gasteiger partial charge is 0.410 e. The minimum Gasteiger partial charge on any atom is -0.465 e. The van der Waals surface area contributed by atoms with Crippen molar-refractivity contribution < 1.29 is 9.90 Å². The summed E-state index contributed by atoms with van der Waals surface area (Å²) in [5.41, 5.74) is 8.23. The van der Waals surface area contributed by atoms with Crippen LogP contribution in [0.1, 0.15) is 17.1 Å². The van der Waals surface area contributed by atoms with Crippen LogP contribution in [0.4, 0.5) is 16.3 Å². The Balaban J connectivity index is 2.20. The van der Waals surface area contributed by atoms with Crippen LogP contribution in [-0.4, -0.2) is 31.6 Å². The number of H-pyrrole nitrogens is 1. The summed E-state index contributed by atoms with van der Waals surface area (Å²) in [5, 5.41) is 20.8. The lowest BCUT2D eigenvalue weighted by atomic mass is 10.2. The summed E-state index contributed by atoms with van der Waals surface area (Å²) in [6.07, 6.45) is -0.820. The van der Waals surface area contributed by atoms with Crippen LogP contribution in [0, 0.1) is 6.92 Å². The maximum Gasteiger partial charge on any atom is 0.410 e. The lowest BCUT2D eigenvalue weighted by molar-refractivity contribution is 0.209. The Kier molecular flexibility index (Phi) is 3.09. The number of aromatic amines is 1. The van der Waals surface area contributed by atoms with E-state index in [1.807, 2.05) is 0 Å². The van der Waals surface area contributed by atoms with Gasteiger partial charge in [-0.15, -0.1) is 5.10 Å². The molecular formula is C10H12N6O2. The minimum absolute atomic E-state index is 0.179. The Hall–Kier alpha value is -2.64. The topological polar surface area (TPSA) is 130 Å². The predicted molar refractivity (Wildman–Crippen MR) is 64.2 cm³/mol. The van der Waals surface area contributed by atoms with Gasteiger partial charge in [-0.1, -0.05) is 0 Å². The van der Waals surface area contributed by atoms with Gasteiger partial charge in [0.15, 0.2) is 5.82 Å². The van der Waals surface area contributed by atoms with E-state index in [0.29, 0.717) is 17.8 Å². The number of rotatable bonds is 3. The van der Waals surface area contributed by atoms with Gasteiger partial charge in [-0.3, -0.25) is 10.3 Å². The standard InChI is InChI=1S/C10H12N6O2/c1-5-7(11)3-2-6(12-5)4-8-9(13-10(17)18)15-16-14-8/h2-3H,4,11H2,1H3,(H,17,18)(H2,13,14,15,16). The molecule has 2 aromatic rings. The molecule has 2 rings (SSSR count). The number of aromatic nitrogens is 4. The first kappa shape index (κ1) is 11.8. The molecular weight excluding hydrogens is 236 g/mol. The lowest BCUT2D eigenvalue weighted by Crippen LogP contribution is -2.10. The normalized spacial score (nSPS) is 10.3. The van der Waals surface area contributed by atoms with Gasteiger partial charge in [-0.2, -0.15) is 10.3 Å². The first-order valence-corrected chi connectivity index (χ1v) is 5.18. The fourth-order valence-electron chi connectivity index (χ4n) is 1.47. The second-order valence-corrected chi connectivity index (χ2v) is 3.70. The van der Waals surface area contributed by atoms with Crippen LogP contribution in [-0.2, 0) is 6.42 Å². The van der Waals surface area contributed by atoms with Gasteiger partial charge < -0.3 is 10.8 Å². The van der Waals surface area contributed by atoms with Crippen molar-refractivity contribution in [3.63, 3.8) is 0 Å². The molecule has 0 bridgehead atoms. The summed E-state index contributed by atoms with van der Waals surface area (Å²) in [6.45, 7) is 1.80. The van der Waals surface area contributed by atoms with Crippen molar-refractivity contribution in [1.82, 2.24) is 20.4 Å². The molecule has 0 unspecified atom stereocenters. The molecule has 0 aliphatic heterocycles. The largest absolute Gasteiger partial charge is 0.465 e. The van der Waals surface area contributed by atoms with Crippen molar-refractivity contribution in [3.05, 3.63) is 29.2 Å². The summed E-state index contributed by atoms with van der Waals surface area (Å²) >= 11 is 0. The van der Waals surface area contributed by atoms with Gasteiger partial charge in [0.05, 0.1) is 11.4 Å². The van der Waals surface area contributed by atoms with E-state index in [0.717, 1.165) is 11.4 Å². The number of anilines is 2. The van der Waals surface area contributed by atoms with E-state index >= 15 is 0 Å². The van der Waals surface area contributed by atoms with Crippen molar-refractivity contribution in [2.75, 3.05) is 11.1 Å². The molecule has 2 aromatic heterocycles. The Bertz CT molecular complexity index is 579. The number of nitrogen functional groups attached to an aromatic ring is 1. The number of hydrogen-bond donors (Lipinski definition) is 4. The molecule has 0 saturated heterocycles. The van der Waals surface area contributed by atoms with Crippen molar-refractivity contribution in [2.45, 2.75) is 13.3 Å². The zero-order chi connectivity index (χ0) is 13.1. The summed E-state index contributed by atoms with van der Waals surface area (Å²) in [6, 6.07) is 3.52. The molecule has 0 atom stereocenters. The molecule has 18 heavy (non-hydrogen) atoms. The summed E-state index contributed by atoms with van der Waals surface area (Å²) in [7, 11) is 0. The van der Waals surface area contributed by atoms with E-state index in [2.05, 4.69) is 25.7 Å². The maximum atomic E-state index is 10.5. The Morgan fingerprint density at radius 3 is 2.94 bits per heavy atom. The number of carbonyl (C=O) groups is 1. The Labute approximate surface area is 102 Å². The molecule has 0 spiro atoms. The van der Waals surface area contributed by atoms with Gasteiger partial charge >= 0.3 is 6.09 Å². The molecule has 0 aliphatic carbocycles. The van der Waals surface area contributed by atoms with Crippen LogP contribution in [0.5, 0.6) is 0 Å². The van der Waals surface area contributed by atoms with Crippen molar-refractivity contribution in [3.8, 4) is 0 Å². The highest BCUT2D eigenvalue weighted by Gasteiger charge is 2.12. The van der Waals surface area contributed by atoms with Gasteiger partial charge in [0.2, 0.25) is 0 Å². The van der Waals surface area contributed by atoms with Crippen molar-refractivity contribution >= 4 is 17.6 Å². The first-order chi connectivity index (χ1) is 8.56. The Morgan fingerprint density at radius 2 is 2.28 bits per heavy atom. The van der Waals surface area contributed by atoms with E-state index in [9.17, 15) is 4.79 Å². The van der Waals surface area contributed by atoms with Crippen molar-refractivity contribution in [1.29, 1.82) is 0 Å². The Morgan fingerprint density at radius 1 is 1.50 bits per heavy atom. The van der Waals surface area contributed by atoms with E-state index in [1.165, 1.54) is 0 Å². The van der Waals surface area contributed by atoms with Crippen LogP contribution in [0.25, 0.3) is 0 Å². The number of aryl methyl sites for hydroxylation is 1. The molecule has 5 N–H and O–H groups in total. The fraction of sp³-hybridized carbons (Fsp3) is 0.200. The van der Waals surface area contributed by atoms with Crippen molar-refractivity contribution in [2.24, 2.45) is 0 Å². The molecule has 0 aromatic carbocycles. The molecule has 0 fully saturated rings. The van der Waals surface area contributed by atoms with Gasteiger partial charge in [0.1, 0.15) is 5.69 Å². The molecule has 8 nitrogen and oxygen atoms in total. The third kappa shape index (κ3) is 2.54. The van der Waals surface area contributed by atoms with Crippen LogP contribution >= 0.6 is 0 Å². The third-order valence-electron chi connectivity index (χ3n) is 2.38. The number of nitrogens with one attached hydrogen (secondary N) is 2. The second-order valence-electron chi connectivity index (χ2n) is 3.70. The monoisotopic (exact) mass is 248 g/mol. The number of pyridine rings is 1. The van der Waals surface area contributed by atoms with Gasteiger partial charge in [0.25, 0.3) is 0 Å². The van der Waals surface area contributed by atoms with Crippen LogP contribution in [0.2, 0.25) is 0 Å². The molecule has 1 amide bonds. The molecule has 8 heteroatoms. The number of nitrogens with two attached hydrogens (primary N) is 1. The van der Waals surface area contributed by atoms with Gasteiger partial charge in [-0.05, 0) is 19.1 Å². The highest BCUT2D eigenvalue weighted by atomic mass is 16.4. The average Bonchev–Trinajstić information content (AvgIpc) is 2.70. The zero-order valence-corrected chi connectivity index (χ0v) is 9.64. The number of hydrogen-bond acceptors (Lipinski definition) is 5. The molecule has 94 valence electrons. The highest BCUT2D eigenvalue weighted by molar-refractivity contribution is 5.82. The number of nitrogens with zero attached hydrogens (tertiary/aromatic N) is 3. The molecule has 0 saturated carbocycles.